The second-order valence-electron chi connectivity index (χ2n) is 5.71. The van der Waals surface area contributed by atoms with Crippen molar-refractivity contribution >= 4 is 23.2 Å². The van der Waals surface area contributed by atoms with Crippen LogP contribution in [0.3, 0.4) is 0 Å². The molecular formula is C13H14F3N3OS. The fraction of sp³-hybridized carbons (Fsp3) is 0.692. The molecule has 2 fully saturated rings. The average Bonchev–Trinajstić information content (AvgIpc) is 2.81. The van der Waals surface area contributed by atoms with E-state index in [1.807, 2.05) is 0 Å². The number of aliphatic imine (C=N–C) groups is 1. The molecule has 0 N–H and O–H groups in total. The maximum Gasteiger partial charge on any atom is 0.433 e. The first-order chi connectivity index (χ1) is 9.93. The molecule has 1 saturated heterocycles. The van der Waals surface area contributed by atoms with Crippen molar-refractivity contribution in [1.82, 2.24) is 9.78 Å². The van der Waals surface area contributed by atoms with Crippen LogP contribution < -0.4 is 0 Å². The van der Waals surface area contributed by atoms with E-state index in [-0.39, 0.29) is 17.3 Å². The minimum absolute atomic E-state index is 0.0368. The van der Waals surface area contributed by atoms with Gasteiger partial charge in [0.05, 0.1) is 11.2 Å². The molecule has 2 aliphatic rings. The van der Waals surface area contributed by atoms with Gasteiger partial charge < -0.3 is 4.74 Å². The van der Waals surface area contributed by atoms with Crippen LogP contribution in [0.25, 0.3) is 0 Å². The van der Waals surface area contributed by atoms with Gasteiger partial charge in [0.2, 0.25) is 0 Å². The first-order valence-electron chi connectivity index (χ1n) is 6.76. The van der Waals surface area contributed by atoms with Gasteiger partial charge >= 0.3 is 6.18 Å². The summed E-state index contributed by atoms with van der Waals surface area (Å²) in [7, 11) is 0. The van der Waals surface area contributed by atoms with Crippen molar-refractivity contribution in [3.8, 4) is 0 Å². The summed E-state index contributed by atoms with van der Waals surface area (Å²) < 4.78 is 45.6. The highest BCUT2D eigenvalue weighted by molar-refractivity contribution is 7.78. The van der Waals surface area contributed by atoms with Crippen molar-refractivity contribution in [3.63, 3.8) is 0 Å². The van der Waals surface area contributed by atoms with Crippen LogP contribution in [-0.4, -0.2) is 28.2 Å². The van der Waals surface area contributed by atoms with Crippen LogP contribution in [0.2, 0.25) is 0 Å². The zero-order chi connectivity index (χ0) is 15.1. The lowest BCUT2D eigenvalue weighted by atomic mass is 9.61. The van der Waals surface area contributed by atoms with Gasteiger partial charge in [-0.25, -0.2) is 0 Å². The minimum Gasteiger partial charge on any atom is -0.381 e. The smallest absolute Gasteiger partial charge is 0.381 e. The first-order valence-corrected chi connectivity index (χ1v) is 7.17. The van der Waals surface area contributed by atoms with Crippen molar-refractivity contribution in [1.29, 1.82) is 0 Å². The van der Waals surface area contributed by atoms with E-state index < -0.39 is 11.9 Å². The largest absolute Gasteiger partial charge is 0.433 e. The monoisotopic (exact) mass is 317 g/mol. The van der Waals surface area contributed by atoms with Gasteiger partial charge in [-0.05, 0) is 43.3 Å². The molecule has 0 unspecified atom stereocenters. The van der Waals surface area contributed by atoms with E-state index in [0.717, 1.165) is 23.6 Å². The number of hydrogen-bond donors (Lipinski definition) is 0. The molecule has 1 aliphatic carbocycles. The summed E-state index contributed by atoms with van der Waals surface area (Å²) in [6.45, 7) is 1.39. The number of isothiocyanates is 1. The Morgan fingerprint density at radius 2 is 2.05 bits per heavy atom. The number of thiocarbonyl (C=S) groups is 1. The number of rotatable bonds is 2. The summed E-state index contributed by atoms with van der Waals surface area (Å²) in [5.41, 5.74) is -0.635. The van der Waals surface area contributed by atoms with Crippen LogP contribution in [0.5, 0.6) is 0 Å². The highest BCUT2D eigenvalue weighted by atomic mass is 32.1. The molecule has 1 saturated carbocycles. The molecule has 0 atom stereocenters. The molecule has 3 rings (SSSR count). The second-order valence-corrected chi connectivity index (χ2v) is 5.89. The van der Waals surface area contributed by atoms with Crippen LogP contribution in [0, 0.1) is 5.41 Å². The zero-order valence-electron chi connectivity index (χ0n) is 11.2. The summed E-state index contributed by atoms with van der Waals surface area (Å²) in [5.74, 6) is -0.0368. The quantitative estimate of drug-likeness (QED) is 0.616. The SMILES string of the molecule is FC(F)(F)c1cc(N=C=S)nn1C1CC2(CCOCC2)C1. The molecular weight excluding hydrogens is 303 g/mol. The van der Waals surface area contributed by atoms with E-state index in [1.165, 1.54) is 0 Å². The van der Waals surface area contributed by atoms with Gasteiger partial charge in [-0.2, -0.15) is 23.3 Å². The minimum atomic E-state index is -4.44. The summed E-state index contributed by atoms with van der Waals surface area (Å²) in [6, 6.07) is 0.697. The molecule has 0 radical (unpaired) electrons. The number of hydrogen-bond acceptors (Lipinski definition) is 4. The molecule has 2 heterocycles. The summed E-state index contributed by atoms with van der Waals surface area (Å²) >= 11 is 4.42. The lowest BCUT2D eigenvalue weighted by Gasteiger charge is -2.50. The predicted octanol–water partition coefficient (Wildman–Crippen LogP) is 3.77. The van der Waals surface area contributed by atoms with Gasteiger partial charge in [0.25, 0.3) is 0 Å². The standard InChI is InChI=1S/C13H14F3N3OS/c14-13(15,16)10-5-11(17-8-21)18-19(10)9-6-12(7-9)1-3-20-4-2-12/h5,9H,1-4,6-7H2. The molecule has 1 spiro atoms. The maximum atomic E-state index is 13.1. The maximum absolute atomic E-state index is 13.1. The Balaban J connectivity index is 1.84. The van der Waals surface area contributed by atoms with Crippen LogP contribution in [0.4, 0.5) is 19.0 Å². The number of nitrogens with zero attached hydrogens (tertiary/aromatic N) is 3. The van der Waals surface area contributed by atoms with Crippen LogP contribution in [0.1, 0.15) is 37.4 Å². The van der Waals surface area contributed by atoms with E-state index in [9.17, 15) is 13.2 Å². The number of ether oxygens (including phenoxy) is 1. The molecule has 8 heteroatoms. The van der Waals surface area contributed by atoms with E-state index in [2.05, 4.69) is 27.5 Å². The zero-order valence-corrected chi connectivity index (χ0v) is 12.0. The molecule has 21 heavy (non-hydrogen) atoms. The Morgan fingerprint density at radius 3 is 2.62 bits per heavy atom. The number of halogens is 3. The second kappa shape index (κ2) is 5.19. The molecule has 114 valence electrons. The molecule has 0 aromatic carbocycles. The molecule has 1 aliphatic heterocycles. The van der Waals surface area contributed by atoms with Crippen molar-refractivity contribution < 1.29 is 17.9 Å². The van der Waals surface area contributed by atoms with E-state index in [1.54, 1.807) is 0 Å². The van der Waals surface area contributed by atoms with Gasteiger partial charge in [-0.15, -0.1) is 0 Å². The Labute approximate surface area is 125 Å². The molecule has 1 aromatic rings. The van der Waals surface area contributed by atoms with Crippen LogP contribution in [0.15, 0.2) is 11.1 Å². The fourth-order valence-corrected chi connectivity index (χ4v) is 3.39. The number of aromatic nitrogens is 2. The average molecular weight is 317 g/mol. The fourth-order valence-electron chi connectivity index (χ4n) is 3.30. The van der Waals surface area contributed by atoms with Crippen molar-refractivity contribution in [2.75, 3.05) is 13.2 Å². The van der Waals surface area contributed by atoms with E-state index >= 15 is 0 Å². The molecule has 4 nitrogen and oxygen atoms in total. The Bertz CT molecular complexity index is 578. The molecule has 0 amide bonds. The Hall–Kier alpha value is -1.24. The highest BCUT2D eigenvalue weighted by Crippen LogP contribution is 2.55. The topological polar surface area (TPSA) is 39.4 Å². The lowest BCUT2D eigenvalue weighted by molar-refractivity contribution is -0.148. The van der Waals surface area contributed by atoms with Gasteiger partial charge in [0.1, 0.15) is 5.69 Å². The van der Waals surface area contributed by atoms with Gasteiger partial charge in [-0.1, -0.05) is 0 Å². The molecule has 1 aromatic heterocycles. The summed E-state index contributed by atoms with van der Waals surface area (Å²) in [4.78, 5) is 3.56. The lowest BCUT2D eigenvalue weighted by Crippen LogP contribution is -2.43. The summed E-state index contributed by atoms with van der Waals surface area (Å²) in [5, 5.41) is 5.99. The third-order valence-electron chi connectivity index (χ3n) is 4.41. The third kappa shape index (κ3) is 2.75. The first kappa shape index (κ1) is 14.7. The summed E-state index contributed by atoms with van der Waals surface area (Å²) in [6.07, 6.45) is -1.20. The van der Waals surface area contributed by atoms with Gasteiger partial charge in [0.15, 0.2) is 5.82 Å². The van der Waals surface area contributed by atoms with Crippen molar-refractivity contribution in [3.05, 3.63) is 11.8 Å². The van der Waals surface area contributed by atoms with Crippen LogP contribution >= 0.6 is 12.2 Å². The van der Waals surface area contributed by atoms with E-state index in [0.29, 0.717) is 26.1 Å². The molecule has 0 bridgehead atoms. The third-order valence-corrected chi connectivity index (χ3v) is 4.50. The predicted molar refractivity (Wildman–Crippen MR) is 72.7 cm³/mol. The van der Waals surface area contributed by atoms with Gasteiger partial charge in [0, 0.05) is 19.3 Å². The highest BCUT2D eigenvalue weighted by Gasteiger charge is 2.48. The van der Waals surface area contributed by atoms with Gasteiger partial charge in [-0.3, -0.25) is 4.68 Å². The Kier molecular flexibility index (Phi) is 3.63. The Morgan fingerprint density at radius 1 is 1.38 bits per heavy atom. The van der Waals surface area contributed by atoms with Crippen molar-refractivity contribution in [2.24, 2.45) is 10.4 Å². The van der Waals surface area contributed by atoms with E-state index in [4.69, 9.17) is 4.74 Å². The van der Waals surface area contributed by atoms with Crippen molar-refractivity contribution in [2.45, 2.75) is 37.9 Å². The normalized spacial score (nSPS) is 21.9. The number of alkyl halides is 3. The van der Waals surface area contributed by atoms with Crippen LogP contribution in [-0.2, 0) is 10.9 Å².